The number of rotatable bonds is 9. The van der Waals surface area contributed by atoms with Crippen molar-refractivity contribution in [2.45, 2.75) is 64.7 Å². The summed E-state index contributed by atoms with van der Waals surface area (Å²) in [7, 11) is 0. The van der Waals surface area contributed by atoms with Crippen LogP contribution in [0.3, 0.4) is 0 Å². The third kappa shape index (κ3) is 13.8. The molecular weight excluding hydrogens is 901 g/mol. The molecule has 0 bridgehead atoms. The quantitative estimate of drug-likeness (QED) is 0.126. The minimum atomic E-state index is 0. The number of nitrogens with zero attached hydrogens (tertiary/aromatic N) is 5. The van der Waals surface area contributed by atoms with Crippen molar-refractivity contribution in [1.29, 1.82) is 0 Å². The molecule has 5 N–H and O–H groups in total. The maximum atomic E-state index is 5.47. The summed E-state index contributed by atoms with van der Waals surface area (Å²) < 4.78 is 0. The summed E-state index contributed by atoms with van der Waals surface area (Å²) >= 11 is 4.24. The Labute approximate surface area is 309 Å². The van der Waals surface area contributed by atoms with E-state index in [1.54, 1.807) is 12.4 Å². The molecular formula is C34H47I3N8. The van der Waals surface area contributed by atoms with E-state index in [0.717, 1.165) is 96.6 Å². The minimum Gasteiger partial charge on any atom is -0.370 e. The van der Waals surface area contributed by atoms with Crippen LogP contribution < -0.4 is 16.8 Å². The molecule has 0 radical (unpaired) electrons. The monoisotopic (exact) mass is 948 g/mol. The van der Waals surface area contributed by atoms with Crippen molar-refractivity contribution in [3.8, 4) is 0 Å². The lowest BCUT2D eigenvalue weighted by atomic mass is 10.1. The van der Waals surface area contributed by atoms with Crippen LogP contribution in [0.5, 0.6) is 0 Å². The van der Waals surface area contributed by atoms with Crippen LogP contribution in [0.25, 0.3) is 22.1 Å². The zero-order valence-corrected chi connectivity index (χ0v) is 32.6. The topological polar surface area (TPSA) is 129 Å². The van der Waals surface area contributed by atoms with Crippen molar-refractivity contribution in [3.63, 3.8) is 0 Å². The van der Waals surface area contributed by atoms with Gasteiger partial charge in [0, 0.05) is 85.5 Å². The average Bonchev–Trinajstić information content (AvgIpc) is 3.10. The van der Waals surface area contributed by atoms with E-state index in [-0.39, 0.29) is 25.4 Å². The predicted molar refractivity (Wildman–Crippen MR) is 219 cm³/mol. The van der Waals surface area contributed by atoms with Crippen LogP contribution in [-0.2, 0) is 25.7 Å². The van der Waals surface area contributed by atoms with Crippen LogP contribution >= 0.6 is 61.2 Å². The highest BCUT2D eigenvalue weighted by atomic mass is 128. The number of halogens is 3. The molecule has 11 heteroatoms. The summed E-state index contributed by atoms with van der Waals surface area (Å²) in [6.07, 6.45) is 13.3. The number of nitrogens with one attached hydrogen (secondary N) is 1. The number of unbranched alkanes of at least 4 members (excludes halogenated alkanes) is 1. The van der Waals surface area contributed by atoms with Crippen LogP contribution in [0.4, 0.5) is 5.82 Å². The molecule has 0 spiro atoms. The molecule has 0 aliphatic carbocycles. The van der Waals surface area contributed by atoms with E-state index in [1.165, 1.54) is 24.8 Å². The van der Waals surface area contributed by atoms with E-state index in [2.05, 4.69) is 105 Å². The fraction of sp³-hybridized carbons (Fsp3) is 0.382. The predicted octanol–water partition coefficient (Wildman–Crippen LogP) is 8.46. The van der Waals surface area contributed by atoms with Crippen LogP contribution in [0.1, 0.15) is 63.1 Å². The average molecular weight is 949 g/mol. The second kappa shape index (κ2) is 23.5. The SMILES string of the molecule is CCCCc1ccc2cccnc2n1.I.II.NCCCc1ccc2c(n1)NCCC2.NCCCc1ccc2cccnc2n1.[HH]. The van der Waals surface area contributed by atoms with Crippen LogP contribution in [0, 0.1) is 0 Å². The minimum absolute atomic E-state index is 0. The molecule has 0 aromatic carbocycles. The summed E-state index contributed by atoms with van der Waals surface area (Å²) in [5.74, 6) is 1.09. The van der Waals surface area contributed by atoms with Crippen LogP contribution in [0.2, 0.25) is 0 Å². The Morgan fingerprint density at radius 2 is 1.22 bits per heavy atom. The number of aromatic nitrogens is 5. The van der Waals surface area contributed by atoms with Gasteiger partial charge in [-0.05, 0) is 125 Å². The molecule has 0 amide bonds. The number of nitrogens with two attached hydrogens (primary N) is 2. The molecule has 5 aromatic heterocycles. The molecule has 6 heterocycles. The molecule has 1 aliphatic rings. The first-order valence-corrected chi connectivity index (χ1v) is 21.7. The molecule has 1 aliphatic heterocycles. The number of hydrogen-bond donors (Lipinski definition) is 3. The lowest BCUT2D eigenvalue weighted by molar-refractivity contribution is 0.779. The summed E-state index contributed by atoms with van der Waals surface area (Å²) in [4.78, 5) is 22.0. The molecule has 8 nitrogen and oxygen atoms in total. The lowest BCUT2D eigenvalue weighted by Gasteiger charge is -2.17. The molecule has 0 atom stereocenters. The molecule has 0 saturated carbocycles. The Morgan fingerprint density at radius 1 is 0.711 bits per heavy atom. The molecule has 5 aromatic rings. The molecule has 0 fully saturated rings. The van der Waals surface area contributed by atoms with Gasteiger partial charge >= 0.3 is 0 Å². The standard InChI is InChI=1S/C12H14N2.C11H17N3.C11H13N3.I2.HI.H2/c1-2-3-6-11-8-7-10-5-4-9-13-12(10)14-11;2*12-7-1-4-10-6-5-9-3-2-8-13-11(9)14-10;1-2;;/h4-5,7-9H,2-3,6H2,1H3;5-6H,1-4,7-8,12H2,(H,13,14);2-3,5-6,8H,1,4,7,12H2;;2*1H. The lowest BCUT2D eigenvalue weighted by Crippen LogP contribution is -2.14. The van der Waals surface area contributed by atoms with Gasteiger partial charge in [0.1, 0.15) is 5.82 Å². The van der Waals surface area contributed by atoms with Gasteiger partial charge in [-0.3, -0.25) is 0 Å². The Hall–Kier alpha value is -1.82. The van der Waals surface area contributed by atoms with Gasteiger partial charge in [0.05, 0.1) is 0 Å². The van der Waals surface area contributed by atoms with E-state index in [4.69, 9.17) is 11.5 Å². The number of pyridine rings is 5. The zero-order valence-electron chi connectivity index (χ0n) is 26.0. The Bertz CT molecular complexity index is 1460. The largest absolute Gasteiger partial charge is 0.370 e. The van der Waals surface area contributed by atoms with E-state index < -0.39 is 0 Å². The maximum Gasteiger partial charge on any atom is 0.159 e. The molecule has 244 valence electrons. The van der Waals surface area contributed by atoms with Crippen LogP contribution in [-0.4, -0.2) is 44.6 Å². The second-order valence-electron chi connectivity index (χ2n) is 10.4. The number of aryl methyl sites for hydroxylation is 4. The second-order valence-corrected chi connectivity index (χ2v) is 10.4. The number of anilines is 1. The van der Waals surface area contributed by atoms with Gasteiger partial charge in [-0.15, -0.1) is 24.0 Å². The third-order valence-corrected chi connectivity index (χ3v) is 7.06. The van der Waals surface area contributed by atoms with Crippen LogP contribution in [0.15, 0.2) is 73.1 Å². The first-order valence-electron chi connectivity index (χ1n) is 15.4. The normalized spacial score (nSPS) is 11.3. The summed E-state index contributed by atoms with van der Waals surface area (Å²) in [5, 5.41) is 5.54. The smallest absolute Gasteiger partial charge is 0.159 e. The van der Waals surface area contributed by atoms with Crippen molar-refractivity contribution >= 4 is 89.1 Å². The van der Waals surface area contributed by atoms with E-state index in [9.17, 15) is 0 Å². The fourth-order valence-electron chi connectivity index (χ4n) is 4.70. The fourth-order valence-corrected chi connectivity index (χ4v) is 4.70. The highest BCUT2D eigenvalue weighted by Crippen LogP contribution is 2.20. The van der Waals surface area contributed by atoms with Gasteiger partial charge < -0.3 is 16.8 Å². The van der Waals surface area contributed by atoms with Gasteiger partial charge in [-0.1, -0.05) is 19.4 Å². The van der Waals surface area contributed by atoms with Crippen molar-refractivity contribution in [2.24, 2.45) is 11.5 Å². The zero-order chi connectivity index (χ0) is 31.4. The van der Waals surface area contributed by atoms with Gasteiger partial charge in [-0.25, -0.2) is 24.9 Å². The Kier molecular flexibility index (Phi) is 20.5. The molecule has 0 unspecified atom stereocenters. The van der Waals surface area contributed by atoms with Gasteiger partial charge in [0.2, 0.25) is 0 Å². The first-order chi connectivity index (χ1) is 21.7. The molecule has 6 rings (SSSR count). The Morgan fingerprint density at radius 3 is 1.76 bits per heavy atom. The highest BCUT2D eigenvalue weighted by molar-refractivity contribution is 15.0. The Balaban J connectivity index is 0.000000329. The number of fused-ring (bicyclic) bond motifs is 3. The maximum absolute atomic E-state index is 5.47. The summed E-state index contributed by atoms with van der Waals surface area (Å²) in [6.45, 7) is 4.70. The van der Waals surface area contributed by atoms with Crippen molar-refractivity contribution in [3.05, 3.63) is 95.7 Å². The summed E-state index contributed by atoms with van der Waals surface area (Å²) in [5.41, 5.74) is 17.3. The molecule has 0 saturated heterocycles. The molecule has 45 heavy (non-hydrogen) atoms. The highest BCUT2D eigenvalue weighted by Gasteiger charge is 2.09. The van der Waals surface area contributed by atoms with E-state index in [0.29, 0.717) is 6.54 Å². The van der Waals surface area contributed by atoms with E-state index >= 15 is 0 Å². The van der Waals surface area contributed by atoms with Crippen molar-refractivity contribution < 1.29 is 1.43 Å². The van der Waals surface area contributed by atoms with Crippen molar-refractivity contribution in [2.75, 3.05) is 25.0 Å². The van der Waals surface area contributed by atoms with Gasteiger partial charge in [0.25, 0.3) is 0 Å². The van der Waals surface area contributed by atoms with Gasteiger partial charge in [-0.2, -0.15) is 0 Å². The first kappa shape index (κ1) is 39.4. The third-order valence-electron chi connectivity index (χ3n) is 7.06. The van der Waals surface area contributed by atoms with Gasteiger partial charge in [0.15, 0.2) is 11.3 Å². The number of hydrogen-bond acceptors (Lipinski definition) is 8. The van der Waals surface area contributed by atoms with E-state index in [1.807, 2.05) is 30.3 Å². The summed E-state index contributed by atoms with van der Waals surface area (Å²) in [6, 6.07) is 20.5. The van der Waals surface area contributed by atoms with Crippen molar-refractivity contribution in [1.82, 2.24) is 24.9 Å².